The Bertz CT molecular complexity index is 626. The minimum absolute atomic E-state index is 0.107. The smallest absolute Gasteiger partial charge is 0.251 e. The fourth-order valence-electron chi connectivity index (χ4n) is 1.99. The molecule has 0 aliphatic heterocycles. The average molecular weight is 272 g/mol. The maximum Gasteiger partial charge on any atom is 0.251 e. The molecule has 2 N–H and O–H groups in total. The molecule has 0 bridgehead atoms. The largest absolute Gasteiger partial charge is 0.381 e. The Morgan fingerprint density at radius 1 is 1.20 bits per heavy atom. The van der Waals surface area contributed by atoms with Crippen LogP contribution in [0.25, 0.3) is 0 Å². The second-order valence-corrected chi connectivity index (χ2v) is 4.59. The van der Waals surface area contributed by atoms with Crippen molar-refractivity contribution in [2.75, 3.05) is 12.4 Å². The lowest BCUT2D eigenvalue weighted by atomic mass is 10.1. The zero-order valence-corrected chi connectivity index (χ0v) is 11.5. The quantitative estimate of drug-likeness (QED) is 0.898. The molecule has 0 unspecified atom stereocenters. The molecule has 0 fully saturated rings. The summed E-state index contributed by atoms with van der Waals surface area (Å²) in [6.45, 7) is 2.47. The lowest BCUT2D eigenvalue weighted by Crippen LogP contribution is -2.17. The normalized spacial score (nSPS) is 10.2. The van der Waals surface area contributed by atoms with Crippen molar-refractivity contribution in [2.45, 2.75) is 13.5 Å². The molecular formula is C16H17FN2O. The van der Waals surface area contributed by atoms with Gasteiger partial charge in [-0.1, -0.05) is 12.1 Å². The predicted molar refractivity (Wildman–Crippen MR) is 78.3 cm³/mol. The molecule has 0 saturated carbocycles. The van der Waals surface area contributed by atoms with Crippen LogP contribution in [0.5, 0.6) is 0 Å². The van der Waals surface area contributed by atoms with Crippen LogP contribution in [0.15, 0.2) is 42.5 Å². The molecule has 1 amide bonds. The van der Waals surface area contributed by atoms with Gasteiger partial charge in [-0.3, -0.25) is 4.79 Å². The molecule has 0 spiro atoms. The van der Waals surface area contributed by atoms with Gasteiger partial charge in [-0.25, -0.2) is 4.39 Å². The van der Waals surface area contributed by atoms with Crippen molar-refractivity contribution >= 4 is 11.6 Å². The summed E-state index contributed by atoms with van der Waals surface area (Å²) < 4.78 is 13.1. The second-order valence-electron chi connectivity index (χ2n) is 4.59. The number of carbonyl (C=O) groups excluding carboxylic acids is 1. The standard InChI is InChI=1S/C16H17FN2O/c1-11-8-13(16(20)18-2)6-7-15(11)19-10-12-4-3-5-14(17)9-12/h3-9,19H,10H2,1-2H3,(H,18,20). The van der Waals surface area contributed by atoms with Gasteiger partial charge in [-0.2, -0.15) is 0 Å². The van der Waals surface area contributed by atoms with Gasteiger partial charge in [0.1, 0.15) is 5.82 Å². The summed E-state index contributed by atoms with van der Waals surface area (Å²) in [5.74, 6) is -0.347. The maximum absolute atomic E-state index is 13.1. The summed E-state index contributed by atoms with van der Waals surface area (Å²) in [7, 11) is 1.60. The van der Waals surface area contributed by atoms with Gasteiger partial charge in [-0.15, -0.1) is 0 Å². The summed E-state index contributed by atoms with van der Waals surface area (Å²) in [6, 6.07) is 11.9. The number of benzene rings is 2. The molecule has 2 aromatic rings. The lowest BCUT2D eigenvalue weighted by molar-refractivity contribution is 0.0963. The number of anilines is 1. The number of hydrogen-bond donors (Lipinski definition) is 2. The molecule has 0 aromatic heterocycles. The summed E-state index contributed by atoms with van der Waals surface area (Å²) in [4.78, 5) is 11.5. The highest BCUT2D eigenvalue weighted by Gasteiger charge is 2.05. The van der Waals surface area contributed by atoms with E-state index < -0.39 is 0 Å². The Hall–Kier alpha value is -2.36. The molecule has 0 heterocycles. The van der Waals surface area contributed by atoms with E-state index in [1.165, 1.54) is 12.1 Å². The monoisotopic (exact) mass is 272 g/mol. The third kappa shape index (κ3) is 3.35. The van der Waals surface area contributed by atoms with Crippen molar-refractivity contribution in [3.63, 3.8) is 0 Å². The molecule has 0 saturated heterocycles. The van der Waals surface area contributed by atoms with Gasteiger partial charge in [0.2, 0.25) is 0 Å². The molecule has 104 valence electrons. The van der Waals surface area contributed by atoms with Crippen molar-refractivity contribution < 1.29 is 9.18 Å². The molecule has 2 aromatic carbocycles. The Labute approximate surface area is 117 Å². The van der Waals surface area contributed by atoms with E-state index in [2.05, 4.69) is 10.6 Å². The highest BCUT2D eigenvalue weighted by atomic mass is 19.1. The maximum atomic E-state index is 13.1. The zero-order valence-electron chi connectivity index (χ0n) is 11.5. The summed E-state index contributed by atoms with van der Waals surface area (Å²) in [6.07, 6.45) is 0. The van der Waals surface area contributed by atoms with E-state index in [1.807, 2.05) is 25.1 Å². The Balaban J connectivity index is 2.08. The minimum atomic E-state index is -0.240. The predicted octanol–water partition coefficient (Wildman–Crippen LogP) is 3.11. The van der Waals surface area contributed by atoms with Gasteiger partial charge in [0.15, 0.2) is 0 Å². The zero-order chi connectivity index (χ0) is 14.5. The molecule has 3 nitrogen and oxygen atoms in total. The van der Waals surface area contributed by atoms with E-state index in [-0.39, 0.29) is 11.7 Å². The number of nitrogens with one attached hydrogen (secondary N) is 2. The second kappa shape index (κ2) is 6.19. The molecule has 2 rings (SSSR count). The third-order valence-electron chi connectivity index (χ3n) is 3.09. The molecular weight excluding hydrogens is 255 g/mol. The summed E-state index contributed by atoms with van der Waals surface area (Å²) >= 11 is 0. The van der Waals surface area contributed by atoms with Crippen LogP contribution in [0.1, 0.15) is 21.5 Å². The minimum Gasteiger partial charge on any atom is -0.381 e. The van der Waals surface area contributed by atoms with Crippen LogP contribution in [0, 0.1) is 12.7 Å². The SMILES string of the molecule is CNC(=O)c1ccc(NCc2cccc(F)c2)c(C)c1. The van der Waals surface area contributed by atoms with E-state index in [4.69, 9.17) is 0 Å². The number of rotatable bonds is 4. The molecule has 4 heteroatoms. The molecule has 0 aliphatic carbocycles. The number of amides is 1. The van der Waals surface area contributed by atoms with Crippen molar-refractivity contribution in [2.24, 2.45) is 0 Å². The highest BCUT2D eigenvalue weighted by molar-refractivity contribution is 5.94. The topological polar surface area (TPSA) is 41.1 Å². The van der Waals surface area contributed by atoms with Crippen LogP contribution in [0.3, 0.4) is 0 Å². The van der Waals surface area contributed by atoms with Gasteiger partial charge < -0.3 is 10.6 Å². The van der Waals surface area contributed by atoms with Crippen molar-refractivity contribution in [3.05, 3.63) is 65.0 Å². The fourth-order valence-corrected chi connectivity index (χ4v) is 1.99. The van der Waals surface area contributed by atoms with Crippen molar-refractivity contribution in [1.29, 1.82) is 0 Å². The first kappa shape index (κ1) is 14.1. The van der Waals surface area contributed by atoms with Crippen LogP contribution >= 0.6 is 0 Å². The highest BCUT2D eigenvalue weighted by Crippen LogP contribution is 2.17. The molecule has 20 heavy (non-hydrogen) atoms. The van der Waals surface area contributed by atoms with Crippen molar-refractivity contribution in [3.8, 4) is 0 Å². The van der Waals surface area contributed by atoms with Crippen LogP contribution in [0.4, 0.5) is 10.1 Å². The number of aryl methyl sites for hydroxylation is 1. The van der Waals surface area contributed by atoms with Gasteiger partial charge in [0, 0.05) is 24.8 Å². The Morgan fingerprint density at radius 2 is 2.00 bits per heavy atom. The Morgan fingerprint density at radius 3 is 2.65 bits per heavy atom. The molecule has 0 radical (unpaired) electrons. The van der Waals surface area contributed by atoms with Crippen molar-refractivity contribution in [1.82, 2.24) is 5.32 Å². The summed E-state index contributed by atoms with van der Waals surface area (Å²) in [5, 5.41) is 5.83. The van der Waals surface area contributed by atoms with Crippen LogP contribution in [-0.4, -0.2) is 13.0 Å². The summed E-state index contributed by atoms with van der Waals surface area (Å²) in [5.41, 5.74) is 3.41. The third-order valence-corrected chi connectivity index (χ3v) is 3.09. The van der Waals surface area contributed by atoms with E-state index in [1.54, 1.807) is 19.2 Å². The van der Waals surface area contributed by atoms with E-state index in [0.29, 0.717) is 12.1 Å². The average Bonchev–Trinajstić information content (AvgIpc) is 2.45. The van der Waals surface area contributed by atoms with Crippen LogP contribution in [-0.2, 0) is 6.54 Å². The lowest BCUT2D eigenvalue weighted by Gasteiger charge is -2.11. The van der Waals surface area contributed by atoms with Gasteiger partial charge in [0.25, 0.3) is 5.91 Å². The number of halogens is 1. The van der Waals surface area contributed by atoms with E-state index in [9.17, 15) is 9.18 Å². The fraction of sp³-hybridized carbons (Fsp3) is 0.188. The van der Waals surface area contributed by atoms with E-state index in [0.717, 1.165) is 16.8 Å². The first-order valence-corrected chi connectivity index (χ1v) is 6.41. The van der Waals surface area contributed by atoms with Gasteiger partial charge >= 0.3 is 0 Å². The van der Waals surface area contributed by atoms with Gasteiger partial charge in [-0.05, 0) is 48.4 Å². The van der Waals surface area contributed by atoms with Crippen LogP contribution in [0.2, 0.25) is 0 Å². The number of hydrogen-bond acceptors (Lipinski definition) is 2. The first-order chi connectivity index (χ1) is 9.60. The van der Waals surface area contributed by atoms with Crippen LogP contribution < -0.4 is 10.6 Å². The molecule has 0 atom stereocenters. The first-order valence-electron chi connectivity index (χ1n) is 6.41. The number of carbonyl (C=O) groups is 1. The van der Waals surface area contributed by atoms with E-state index >= 15 is 0 Å². The molecule has 0 aliphatic rings. The Kier molecular flexibility index (Phi) is 4.35. The van der Waals surface area contributed by atoms with Gasteiger partial charge in [0.05, 0.1) is 0 Å².